The van der Waals surface area contributed by atoms with Crippen molar-refractivity contribution in [3.8, 4) is 0 Å². The molecule has 2 atom stereocenters. The molecule has 0 bridgehead atoms. The third kappa shape index (κ3) is 4.33. The van der Waals surface area contributed by atoms with Crippen LogP contribution in [-0.4, -0.2) is 49.2 Å². The fourth-order valence-electron chi connectivity index (χ4n) is 1.79. The number of amides is 1. The van der Waals surface area contributed by atoms with Gasteiger partial charge in [0.2, 0.25) is 5.91 Å². The van der Waals surface area contributed by atoms with Crippen LogP contribution < -0.4 is 10.6 Å². The van der Waals surface area contributed by atoms with Crippen LogP contribution in [0, 0.1) is 5.92 Å². The Hall–Kier alpha value is -1.63. The Labute approximate surface area is 105 Å². The molecular weight excluding hydrogens is 240 g/mol. The number of carboxylic acid groups (broad SMARTS) is 1. The van der Waals surface area contributed by atoms with E-state index in [1.54, 1.807) is 0 Å². The molecule has 7 heteroatoms. The number of esters is 1. The monoisotopic (exact) mass is 258 g/mol. The molecule has 1 aliphatic heterocycles. The zero-order valence-corrected chi connectivity index (χ0v) is 10.3. The van der Waals surface area contributed by atoms with E-state index >= 15 is 0 Å². The highest BCUT2D eigenvalue weighted by atomic mass is 16.5. The van der Waals surface area contributed by atoms with Gasteiger partial charge in [-0.1, -0.05) is 0 Å². The van der Waals surface area contributed by atoms with Crippen molar-refractivity contribution in [2.24, 2.45) is 5.92 Å². The maximum atomic E-state index is 11.7. The second-order valence-electron chi connectivity index (χ2n) is 4.20. The number of ether oxygens (including phenoxy) is 1. The lowest BCUT2D eigenvalue weighted by atomic mass is 10.1. The van der Waals surface area contributed by atoms with Crippen molar-refractivity contribution < 1.29 is 24.2 Å². The van der Waals surface area contributed by atoms with Crippen LogP contribution in [-0.2, 0) is 19.1 Å². The van der Waals surface area contributed by atoms with Crippen LogP contribution in [0.4, 0.5) is 0 Å². The van der Waals surface area contributed by atoms with Gasteiger partial charge >= 0.3 is 11.9 Å². The smallest absolute Gasteiger partial charge is 0.326 e. The highest BCUT2D eigenvalue weighted by Gasteiger charge is 2.27. The summed E-state index contributed by atoms with van der Waals surface area (Å²) in [6.45, 7) is 1.33. The standard InChI is InChI=1S/C11H18N2O5/c1-18-9(14)3-2-8(11(16)17)13-10(15)7-4-5-12-6-7/h7-8,12H,2-6H2,1H3,(H,13,15)(H,16,17)/t7?,8-/m1/s1. The number of nitrogens with one attached hydrogen (secondary N) is 2. The van der Waals surface area contributed by atoms with Gasteiger partial charge in [-0.25, -0.2) is 4.79 Å². The van der Waals surface area contributed by atoms with Crippen molar-refractivity contribution in [3.63, 3.8) is 0 Å². The van der Waals surface area contributed by atoms with Crippen LogP contribution in [0.25, 0.3) is 0 Å². The number of hydrogen-bond acceptors (Lipinski definition) is 5. The highest BCUT2D eigenvalue weighted by Crippen LogP contribution is 2.09. The van der Waals surface area contributed by atoms with Gasteiger partial charge in [0.25, 0.3) is 0 Å². The van der Waals surface area contributed by atoms with Gasteiger partial charge in [-0.2, -0.15) is 0 Å². The maximum Gasteiger partial charge on any atom is 0.326 e. The van der Waals surface area contributed by atoms with Crippen molar-refractivity contribution in [3.05, 3.63) is 0 Å². The first-order valence-electron chi connectivity index (χ1n) is 5.85. The summed E-state index contributed by atoms with van der Waals surface area (Å²) in [7, 11) is 1.24. The first-order valence-corrected chi connectivity index (χ1v) is 5.85. The predicted molar refractivity (Wildman–Crippen MR) is 61.8 cm³/mol. The number of carbonyl (C=O) groups excluding carboxylic acids is 2. The quantitative estimate of drug-likeness (QED) is 0.534. The molecule has 0 aromatic carbocycles. The van der Waals surface area contributed by atoms with E-state index in [-0.39, 0.29) is 24.7 Å². The summed E-state index contributed by atoms with van der Waals surface area (Å²) in [5, 5.41) is 14.5. The average molecular weight is 258 g/mol. The molecule has 0 aromatic rings. The molecule has 102 valence electrons. The minimum absolute atomic E-state index is 0.0311. The fourth-order valence-corrected chi connectivity index (χ4v) is 1.79. The van der Waals surface area contributed by atoms with Crippen LogP contribution in [0.15, 0.2) is 0 Å². The Morgan fingerprint density at radius 3 is 2.72 bits per heavy atom. The first-order chi connectivity index (χ1) is 8.54. The SMILES string of the molecule is COC(=O)CC[C@@H](NC(=O)C1CCNC1)C(=O)O. The molecule has 1 rings (SSSR count). The summed E-state index contributed by atoms with van der Waals surface area (Å²) in [5.41, 5.74) is 0. The van der Waals surface area contributed by atoms with Gasteiger partial charge in [0, 0.05) is 13.0 Å². The second kappa shape index (κ2) is 6.95. The van der Waals surface area contributed by atoms with Gasteiger partial charge < -0.3 is 20.5 Å². The largest absolute Gasteiger partial charge is 0.480 e. The van der Waals surface area contributed by atoms with E-state index in [4.69, 9.17) is 5.11 Å². The molecule has 1 aliphatic rings. The normalized spacial score (nSPS) is 20.2. The van der Waals surface area contributed by atoms with Crippen molar-refractivity contribution in [1.29, 1.82) is 0 Å². The molecular formula is C11H18N2O5. The molecule has 0 aliphatic carbocycles. The first kappa shape index (κ1) is 14.4. The minimum atomic E-state index is -1.14. The summed E-state index contributed by atoms with van der Waals surface area (Å²) in [6, 6.07) is -1.04. The van der Waals surface area contributed by atoms with Crippen molar-refractivity contribution in [2.75, 3.05) is 20.2 Å². The van der Waals surface area contributed by atoms with E-state index in [2.05, 4.69) is 15.4 Å². The zero-order valence-electron chi connectivity index (χ0n) is 10.3. The van der Waals surface area contributed by atoms with E-state index < -0.39 is 18.0 Å². The molecule has 0 radical (unpaired) electrons. The Balaban J connectivity index is 2.44. The van der Waals surface area contributed by atoms with E-state index in [1.807, 2.05) is 0 Å². The summed E-state index contributed by atoms with van der Waals surface area (Å²) >= 11 is 0. The van der Waals surface area contributed by atoms with Gasteiger partial charge in [-0.15, -0.1) is 0 Å². The third-order valence-electron chi connectivity index (χ3n) is 2.91. The van der Waals surface area contributed by atoms with Gasteiger partial charge in [-0.3, -0.25) is 9.59 Å². The maximum absolute atomic E-state index is 11.7. The third-order valence-corrected chi connectivity index (χ3v) is 2.91. The lowest BCUT2D eigenvalue weighted by Crippen LogP contribution is -2.44. The van der Waals surface area contributed by atoms with Crippen LogP contribution >= 0.6 is 0 Å². The van der Waals surface area contributed by atoms with Gasteiger partial charge in [0.1, 0.15) is 6.04 Å². The van der Waals surface area contributed by atoms with Crippen LogP contribution in [0.2, 0.25) is 0 Å². The van der Waals surface area contributed by atoms with Gasteiger partial charge in [-0.05, 0) is 19.4 Å². The molecule has 0 saturated carbocycles. The molecule has 18 heavy (non-hydrogen) atoms. The Bertz CT molecular complexity index is 325. The topological polar surface area (TPSA) is 105 Å². The summed E-state index contributed by atoms with van der Waals surface area (Å²) in [4.78, 5) is 33.7. The number of hydrogen-bond donors (Lipinski definition) is 3. The number of rotatable bonds is 6. The molecule has 1 amide bonds. The van der Waals surface area contributed by atoms with Crippen molar-refractivity contribution in [2.45, 2.75) is 25.3 Å². The minimum Gasteiger partial charge on any atom is -0.480 e. The summed E-state index contributed by atoms with van der Waals surface area (Å²) < 4.78 is 4.43. The van der Waals surface area contributed by atoms with E-state index in [0.717, 1.165) is 6.54 Å². The molecule has 0 aromatic heterocycles. The molecule has 7 nitrogen and oxygen atoms in total. The second-order valence-corrected chi connectivity index (χ2v) is 4.20. The molecule has 1 unspecified atom stereocenters. The average Bonchev–Trinajstić information content (AvgIpc) is 2.87. The van der Waals surface area contributed by atoms with Crippen LogP contribution in [0.1, 0.15) is 19.3 Å². The number of carbonyl (C=O) groups is 3. The number of methoxy groups -OCH3 is 1. The molecule has 3 N–H and O–H groups in total. The van der Waals surface area contributed by atoms with E-state index in [1.165, 1.54) is 7.11 Å². The van der Waals surface area contributed by atoms with E-state index in [0.29, 0.717) is 13.0 Å². The molecule has 1 fully saturated rings. The molecule has 0 spiro atoms. The van der Waals surface area contributed by atoms with Crippen molar-refractivity contribution in [1.82, 2.24) is 10.6 Å². The van der Waals surface area contributed by atoms with Gasteiger partial charge in [0.15, 0.2) is 0 Å². The lowest BCUT2D eigenvalue weighted by Gasteiger charge is -2.16. The summed E-state index contributed by atoms with van der Waals surface area (Å²) in [5.74, 6) is -2.10. The Kier molecular flexibility index (Phi) is 5.57. The molecule has 1 heterocycles. The predicted octanol–water partition coefficient (Wildman–Crippen LogP) is -0.881. The van der Waals surface area contributed by atoms with Gasteiger partial charge in [0.05, 0.1) is 13.0 Å². The highest BCUT2D eigenvalue weighted by molar-refractivity contribution is 5.85. The summed E-state index contributed by atoms with van der Waals surface area (Å²) in [6.07, 6.45) is 0.708. The van der Waals surface area contributed by atoms with Crippen LogP contribution in [0.3, 0.4) is 0 Å². The number of aliphatic carboxylic acids is 1. The zero-order chi connectivity index (χ0) is 13.5. The number of carboxylic acids is 1. The van der Waals surface area contributed by atoms with E-state index in [9.17, 15) is 14.4 Å². The lowest BCUT2D eigenvalue weighted by molar-refractivity contribution is -0.144. The Morgan fingerprint density at radius 1 is 1.50 bits per heavy atom. The van der Waals surface area contributed by atoms with Crippen molar-refractivity contribution >= 4 is 17.8 Å². The Morgan fingerprint density at radius 2 is 2.22 bits per heavy atom. The van der Waals surface area contributed by atoms with Crippen LogP contribution in [0.5, 0.6) is 0 Å². The fraction of sp³-hybridized carbons (Fsp3) is 0.727. The molecule has 1 saturated heterocycles.